The van der Waals surface area contributed by atoms with Crippen molar-refractivity contribution >= 4 is 0 Å². The van der Waals surface area contributed by atoms with Crippen LogP contribution in [0.25, 0.3) is 0 Å². The molecule has 0 saturated carbocycles. The number of rotatable bonds is 2. The number of ether oxygens (including phenoxy) is 1. The van der Waals surface area contributed by atoms with Gasteiger partial charge in [-0.15, -0.1) is 6.07 Å². The first-order chi connectivity index (χ1) is 4.84. The van der Waals surface area contributed by atoms with Gasteiger partial charge in [-0.05, 0) is 6.92 Å². The third-order valence-corrected chi connectivity index (χ3v) is 1.25. The van der Waals surface area contributed by atoms with Crippen molar-refractivity contribution < 1.29 is 37.4 Å². The van der Waals surface area contributed by atoms with E-state index in [1.54, 1.807) is 19.4 Å². The van der Waals surface area contributed by atoms with Gasteiger partial charge >= 0.3 is 0 Å². The first kappa shape index (κ1) is 11.1. The Bertz CT molecular complexity index is 193. The third kappa shape index (κ3) is 3.36. The first-order valence-electron chi connectivity index (χ1n) is 3.06. The van der Waals surface area contributed by atoms with Gasteiger partial charge < -0.3 is 14.7 Å². The minimum Gasteiger partial charge on any atom is -0.386 e. The summed E-state index contributed by atoms with van der Waals surface area (Å²) in [5, 5.41) is 0. The van der Waals surface area contributed by atoms with E-state index in [2.05, 4.69) is 16.2 Å². The zero-order valence-corrected chi connectivity index (χ0v) is 9.45. The molecule has 4 heteroatoms. The van der Waals surface area contributed by atoms with E-state index in [4.69, 9.17) is 4.74 Å². The summed E-state index contributed by atoms with van der Waals surface area (Å²) in [6, 6.07) is 1.66. The molecule has 57 valence electrons. The molecule has 0 fully saturated rings. The van der Waals surface area contributed by atoms with Crippen LogP contribution in [0.2, 0.25) is 0 Å². The fraction of sp³-hybridized carbons (Fsp3) is 0.429. The second-order valence-electron chi connectivity index (χ2n) is 1.92. The van der Waals surface area contributed by atoms with Crippen molar-refractivity contribution in [2.45, 2.75) is 13.0 Å². The predicted molar refractivity (Wildman–Crippen MR) is 36.3 cm³/mol. The van der Waals surface area contributed by atoms with Crippen molar-refractivity contribution in [3.8, 4) is 0 Å². The average molecular weight is 226 g/mol. The van der Waals surface area contributed by atoms with Gasteiger partial charge in [0.15, 0.2) is 0 Å². The maximum atomic E-state index is 4.99. The molecule has 1 aromatic rings. The van der Waals surface area contributed by atoms with Crippen LogP contribution in [0, 0.1) is 6.20 Å². The van der Waals surface area contributed by atoms with Gasteiger partial charge in [-0.1, -0.05) is 12.4 Å². The van der Waals surface area contributed by atoms with Gasteiger partial charge in [0, 0.05) is 45.6 Å². The van der Waals surface area contributed by atoms with Gasteiger partial charge in [-0.2, -0.15) is 0 Å². The van der Waals surface area contributed by atoms with Crippen molar-refractivity contribution in [2.24, 2.45) is 0 Å². The monoisotopic (exact) mass is 226 g/mol. The van der Waals surface area contributed by atoms with Crippen LogP contribution in [-0.2, 0) is 37.4 Å². The zero-order chi connectivity index (χ0) is 7.40. The third-order valence-electron chi connectivity index (χ3n) is 1.25. The minimum absolute atomic E-state index is 0. The molecule has 0 aliphatic carbocycles. The van der Waals surface area contributed by atoms with E-state index >= 15 is 0 Å². The molecule has 1 atom stereocenters. The quantitative estimate of drug-likeness (QED) is 0.705. The number of hydrogen-bond donors (Lipinski definition) is 0. The van der Waals surface area contributed by atoms with Crippen LogP contribution in [0.15, 0.2) is 12.3 Å². The van der Waals surface area contributed by atoms with Crippen LogP contribution < -0.4 is 0 Å². The Kier molecular flexibility index (Phi) is 5.83. The Morgan fingerprint density at radius 2 is 2.36 bits per heavy atom. The zero-order valence-electron chi connectivity index (χ0n) is 6.61. The summed E-state index contributed by atoms with van der Waals surface area (Å²) < 4.78 is 4.99. The van der Waals surface area contributed by atoms with Crippen molar-refractivity contribution in [2.75, 3.05) is 7.11 Å². The van der Waals surface area contributed by atoms with Crippen molar-refractivity contribution in [1.29, 1.82) is 0 Å². The number of aromatic nitrogens is 2. The molecule has 0 N–H and O–H groups in total. The molecule has 0 saturated heterocycles. The molecular weight excluding hydrogens is 217 g/mol. The van der Waals surface area contributed by atoms with Crippen LogP contribution in [0.1, 0.15) is 18.9 Å². The molecule has 0 aromatic carbocycles. The Labute approximate surface area is 91.5 Å². The maximum Gasteiger partial charge on any atom is 0.0685 e. The molecule has 0 spiro atoms. The Morgan fingerprint density at radius 3 is 2.82 bits per heavy atom. The van der Waals surface area contributed by atoms with E-state index in [9.17, 15) is 0 Å². The molecular formula is C7H9N2OY-. The standard InChI is InChI=1S/C7H9N2O.Y/c1-6(10-2)7-8-4-3-5-9-7;/h3-4,6H,1-2H3;/q-1;. The predicted octanol–water partition coefficient (Wildman–Crippen LogP) is 0.982. The van der Waals surface area contributed by atoms with Crippen molar-refractivity contribution in [1.82, 2.24) is 9.97 Å². The van der Waals surface area contributed by atoms with Crippen LogP contribution in [0.3, 0.4) is 0 Å². The topological polar surface area (TPSA) is 35.0 Å². The Morgan fingerprint density at radius 1 is 1.64 bits per heavy atom. The SMILES string of the molecule is COC(C)c1n[c-]ccn1.[Y]. The summed E-state index contributed by atoms with van der Waals surface area (Å²) in [5.41, 5.74) is 0. The van der Waals surface area contributed by atoms with Gasteiger partial charge in [0.2, 0.25) is 0 Å². The second kappa shape index (κ2) is 5.75. The van der Waals surface area contributed by atoms with E-state index in [0.29, 0.717) is 5.82 Å². The Hall–Kier alpha value is 0.144. The fourth-order valence-corrected chi connectivity index (χ4v) is 0.581. The molecule has 0 amide bonds. The summed E-state index contributed by atoms with van der Waals surface area (Å²) in [7, 11) is 1.63. The fourth-order valence-electron chi connectivity index (χ4n) is 0.581. The molecule has 1 radical (unpaired) electrons. The molecule has 1 unspecified atom stereocenters. The van der Waals surface area contributed by atoms with Crippen molar-refractivity contribution in [3.63, 3.8) is 0 Å². The van der Waals surface area contributed by atoms with Gasteiger partial charge in [0.1, 0.15) is 0 Å². The summed E-state index contributed by atoms with van der Waals surface area (Å²) in [4.78, 5) is 7.87. The van der Waals surface area contributed by atoms with Gasteiger partial charge in [0.05, 0.1) is 6.10 Å². The van der Waals surface area contributed by atoms with E-state index in [-0.39, 0.29) is 38.8 Å². The maximum absolute atomic E-state index is 4.99. The molecule has 11 heavy (non-hydrogen) atoms. The van der Waals surface area contributed by atoms with Crippen LogP contribution in [0.5, 0.6) is 0 Å². The first-order valence-corrected chi connectivity index (χ1v) is 3.06. The summed E-state index contributed by atoms with van der Waals surface area (Å²) >= 11 is 0. The van der Waals surface area contributed by atoms with Gasteiger partial charge in [-0.3, -0.25) is 0 Å². The van der Waals surface area contributed by atoms with Crippen LogP contribution in [0.4, 0.5) is 0 Å². The largest absolute Gasteiger partial charge is 0.386 e. The molecule has 0 aliphatic heterocycles. The smallest absolute Gasteiger partial charge is 0.0685 e. The molecule has 1 aromatic heterocycles. The van der Waals surface area contributed by atoms with Crippen LogP contribution in [-0.4, -0.2) is 17.1 Å². The van der Waals surface area contributed by atoms with Crippen LogP contribution >= 0.6 is 0 Å². The summed E-state index contributed by atoms with van der Waals surface area (Å²) in [6.07, 6.45) is 4.29. The molecule has 3 nitrogen and oxygen atoms in total. The van der Waals surface area contributed by atoms with E-state index < -0.39 is 0 Å². The number of hydrogen-bond acceptors (Lipinski definition) is 3. The molecule has 1 rings (SSSR count). The average Bonchev–Trinajstić information content (AvgIpc) is 2.05. The van der Waals surface area contributed by atoms with Gasteiger partial charge in [0.25, 0.3) is 0 Å². The molecule has 0 aliphatic rings. The van der Waals surface area contributed by atoms with Gasteiger partial charge in [-0.25, -0.2) is 0 Å². The van der Waals surface area contributed by atoms with E-state index in [1.807, 2.05) is 6.92 Å². The molecule has 0 bridgehead atoms. The summed E-state index contributed by atoms with van der Waals surface area (Å²) in [6.45, 7) is 1.89. The van der Waals surface area contributed by atoms with E-state index in [0.717, 1.165) is 0 Å². The number of methoxy groups -OCH3 is 1. The minimum atomic E-state index is -0.0440. The summed E-state index contributed by atoms with van der Waals surface area (Å²) in [5.74, 6) is 0.671. The Balaban J connectivity index is 0.000001000. The normalized spacial score (nSPS) is 11.8. The van der Waals surface area contributed by atoms with E-state index in [1.165, 1.54) is 0 Å². The second-order valence-corrected chi connectivity index (χ2v) is 1.92. The van der Waals surface area contributed by atoms with Crippen molar-refractivity contribution in [3.05, 3.63) is 24.3 Å². The molecule has 1 heterocycles. The number of nitrogens with zero attached hydrogens (tertiary/aromatic N) is 2.